The molecule has 0 saturated carbocycles. The van der Waals surface area contributed by atoms with Crippen LogP contribution in [0.15, 0.2) is 4.99 Å². The molecular formula is C38H81N7O2. The van der Waals surface area contributed by atoms with Crippen molar-refractivity contribution in [1.29, 1.82) is 0 Å². The van der Waals surface area contributed by atoms with Gasteiger partial charge in [0.15, 0.2) is 5.96 Å². The minimum atomic E-state index is -0.781. The summed E-state index contributed by atoms with van der Waals surface area (Å²) in [7, 11) is 0. The molecule has 0 aromatic heterocycles. The molecule has 0 aromatic carbocycles. The summed E-state index contributed by atoms with van der Waals surface area (Å²) in [6, 6.07) is -0.842. The van der Waals surface area contributed by atoms with Crippen molar-refractivity contribution in [3.05, 3.63) is 0 Å². The Balaban J connectivity index is 4.39. The van der Waals surface area contributed by atoms with E-state index in [0.29, 0.717) is 32.4 Å². The van der Waals surface area contributed by atoms with Gasteiger partial charge in [-0.3, -0.25) is 15.1 Å². The Hall–Kier alpha value is -1.42. The van der Waals surface area contributed by atoms with Gasteiger partial charge in [0.2, 0.25) is 5.91 Å². The minimum Gasteiger partial charge on any atom is -0.377 e. The number of nitrogens with one attached hydrogen (secondary N) is 1. The first-order valence-corrected chi connectivity index (χ1v) is 20.1. The van der Waals surface area contributed by atoms with E-state index in [9.17, 15) is 9.90 Å². The molecule has 10 N–H and O–H groups in total. The van der Waals surface area contributed by atoms with Crippen molar-refractivity contribution in [2.45, 2.75) is 206 Å². The van der Waals surface area contributed by atoms with Gasteiger partial charge in [0, 0.05) is 25.7 Å². The third-order valence-corrected chi connectivity index (χ3v) is 9.38. The zero-order valence-electron chi connectivity index (χ0n) is 31.2. The number of hydrogen-bond donors (Lipinski definition) is 6. The molecule has 0 rings (SSSR count). The number of aliphatic hydroxyl groups excluding tert-OH is 1. The molecule has 9 heteroatoms. The summed E-state index contributed by atoms with van der Waals surface area (Å²) in [5.74, 6) is 0.181. The van der Waals surface area contributed by atoms with Crippen LogP contribution in [-0.2, 0) is 4.79 Å². The van der Waals surface area contributed by atoms with Crippen molar-refractivity contribution in [3.8, 4) is 0 Å². The smallest absolute Gasteiger partial charge is 0.239 e. The van der Waals surface area contributed by atoms with E-state index in [2.05, 4.69) is 29.1 Å². The van der Waals surface area contributed by atoms with Crippen molar-refractivity contribution >= 4 is 11.9 Å². The number of unbranched alkanes of at least 4 members (excludes halogenated alkanes) is 21. The Morgan fingerprint density at radius 3 is 1.47 bits per heavy atom. The Morgan fingerprint density at radius 2 is 1.04 bits per heavy atom. The van der Waals surface area contributed by atoms with Gasteiger partial charge in [-0.1, -0.05) is 149 Å². The predicted octanol–water partition coefficient (Wildman–Crippen LogP) is 7.22. The molecule has 0 radical (unpaired) electrons. The van der Waals surface area contributed by atoms with Gasteiger partial charge in [0.05, 0.1) is 6.04 Å². The highest BCUT2D eigenvalue weighted by atomic mass is 16.3. The molecule has 3 atom stereocenters. The lowest BCUT2D eigenvalue weighted by Gasteiger charge is -2.26. The summed E-state index contributed by atoms with van der Waals surface area (Å²) in [5.41, 5.74) is 23.2. The summed E-state index contributed by atoms with van der Waals surface area (Å²) < 4.78 is 0. The second-order valence-corrected chi connectivity index (χ2v) is 14.0. The van der Waals surface area contributed by atoms with Gasteiger partial charge in [-0.25, -0.2) is 0 Å². The molecule has 0 heterocycles. The molecule has 0 aliphatic rings. The molecular weight excluding hydrogens is 586 g/mol. The van der Waals surface area contributed by atoms with E-state index in [1.807, 2.05) is 0 Å². The lowest BCUT2D eigenvalue weighted by Crippen LogP contribution is -2.46. The van der Waals surface area contributed by atoms with Crippen molar-refractivity contribution in [1.82, 2.24) is 10.2 Å². The van der Waals surface area contributed by atoms with E-state index < -0.39 is 12.3 Å². The van der Waals surface area contributed by atoms with E-state index in [0.717, 1.165) is 38.8 Å². The highest BCUT2D eigenvalue weighted by Crippen LogP contribution is 2.14. The van der Waals surface area contributed by atoms with E-state index in [1.165, 1.54) is 128 Å². The number of rotatable bonds is 36. The number of hydrogen-bond acceptors (Lipinski definition) is 6. The molecule has 280 valence electrons. The Kier molecular flexibility index (Phi) is 33.4. The standard InChI is InChI=1S/C38H81N7O2/c1-3-5-7-9-11-13-15-16-18-20-22-26-33-45(32-25-21-19-17-14-12-10-8-6-4-2)37(47)35(40)28-23-24-30-43-36(46)34(39)29-27-31-44-38(41)42/h34-36,43,46H,3-33,39-40H2,1-2H3,(H4,41,42,44). The number of carbonyl (C=O) groups is 1. The molecule has 0 spiro atoms. The summed E-state index contributed by atoms with van der Waals surface area (Å²) in [4.78, 5) is 19.4. The van der Waals surface area contributed by atoms with Crippen molar-refractivity contribution in [2.75, 3.05) is 26.2 Å². The van der Waals surface area contributed by atoms with E-state index in [-0.39, 0.29) is 17.9 Å². The zero-order chi connectivity index (χ0) is 34.8. The maximum atomic E-state index is 13.4. The third kappa shape index (κ3) is 30.4. The number of carbonyl (C=O) groups excluding carboxylic acids is 1. The lowest BCUT2D eigenvalue weighted by molar-refractivity contribution is -0.133. The molecule has 0 saturated heterocycles. The first-order valence-electron chi connectivity index (χ1n) is 20.1. The van der Waals surface area contributed by atoms with Gasteiger partial charge in [-0.05, 0) is 45.1 Å². The highest BCUT2D eigenvalue weighted by Gasteiger charge is 2.20. The number of nitrogens with zero attached hydrogens (tertiary/aromatic N) is 2. The number of amides is 1. The molecule has 47 heavy (non-hydrogen) atoms. The van der Waals surface area contributed by atoms with E-state index in [4.69, 9.17) is 22.9 Å². The van der Waals surface area contributed by atoms with Crippen LogP contribution in [0, 0.1) is 0 Å². The van der Waals surface area contributed by atoms with Crippen LogP contribution in [0.4, 0.5) is 0 Å². The van der Waals surface area contributed by atoms with E-state index >= 15 is 0 Å². The van der Waals surface area contributed by atoms with Crippen LogP contribution in [0.5, 0.6) is 0 Å². The summed E-state index contributed by atoms with van der Waals surface area (Å²) in [6.45, 7) is 7.34. The normalized spacial score (nSPS) is 13.4. The Labute approximate surface area is 291 Å². The van der Waals surface area contributed by atoms with Crippen LogP contribution in [-0.4, -0.2) is 66.4 Å². The molecule has 9 nitrogen and oxygen atoms in total. The summed E-state index contributed by atoms with van der Waals surface area (Å²) >= 11 is 0. The fourth-order valence-electron chi connectivity index (χ4n) is 6.21. The fourth-order valence-corrected chi connectivity index (χ4v) is 6.21. The van der Waals surface area contributed by atoms with E-state index in [1.54, 1.807) is 0 Å². The van der Waals surface area contributed by atoms with Crippen LogP contribution in [0.3, 0.4) is 0 Å². The number of aliphatic hydroxyl groups is 1. The number of aliphatic imine (C=N–C) groups is 1. The predicted molar refractivity (Wildman–Crippen MR) is 203 cm³/mol. The van der Waals surface area contributed by atoms with Crippen LogP contribution in [0.25, 0.3) is 0 Å². The summed E-state index contributed by atoms with van der Waals surface area (Å²) in [5, 5.41) is 13.4. The maximum Gasteiger partial charge on any atom is 0.239 e. The van der Waals surface area contributed by atoms with Crippen molar-refractivity contribution < 1.29 is 9.90 Å². The van der Waals surface area contributed by atoms with Crippen LogP contribution < -0.4 is 28.3 Å². The fraction of sp³-hybridized carbons (Fsp3) is 0.947. The molecule has 3 unspecified atom stereocenters. The second kappa shape index (κ2) is 34.4. The monoisotopic (exact) mass is 668 g/mol. The lowest BCUT2D eigenvalue weighted by atomic mass is 10.0. The molecule has 0 aromatic rings. The summed E-state index contributed by atoms with van der Waals surface area (Å²) in [6.07, 6.45) is 31.7. The highest BCUT2D eigenvalue weighted by molar-refractivity contribution is 5.81. The van der Waals surface area contributed by atoms with Gasteiger partial charge in [-0.2, -0.15) is 0 Å². The molecule has 0 fully saturated rings. The molecule has 0 aliphatic carbocycles. The van der Waals surface area contributed by atoms with Crippen LogP contribution >= 0.6 is 0 Å². The molecule has 0 bridgehead atoms. The van der Waals surface area contributed by atoms with Gasteiger partial charge in [-0.15, -0.1) is 0 Å². The first kappa shape index (κ1) is 45.6. The van der Waals surface area contributed by atoms with Gasteiger partial charge in [0.1, 0.15) is 6.23 Å². The molecule has 1 amide bonds. The SMILES string of the molecule is CCCCCCCCCCCCCCN(CCCCCCCCCCCC)C(=O)C(N)CCCCNC(O)C(N)CCCN=C(N)N. The third-order valence-electron chi connectivity index (χ3n) is 9.38. The Morgan fingerprint density at radius 1 is 0.617 bits per heavy atom. The second-order valence-electron chi connectivity index (χ2n) is 14.0. The van der Waals surface area contributed by atoms with Gasteiger partial charge >= 0.3 is 0 Å². The molecule has 0 aliphatic heterocycles. The maximum absolute atomic E-state index is 13.4. The quantitative estimate of drug-likeness (QED) is 0.0177. The topological polar surface area (TPSA) is 169 Å². The first-order chi connectivity index (χ1) is 22.8. The van der Waals surface area contributed by atoms with Crippen LogP contribution in [0.1, 0.15) is 187 Å². The number of nitrogens with two attached hydrogens (primary N) is 4. The van der Waals surface area contributed by atoms with Crippen molar-refractivity contribution in [2.24, 2.45) is 27.9 Å². The average Bonchev–Trinajstić information content (AvgIpc) is 3.06. The zero-order valence-corrected chi connectivity index (χ0v) is 31.2. The van der Waals surface area contributed by atoms with Gasteiger partial charge in [0.25, 0.3) is 0 Å². The minimum absolute atomic E-state index is 0.0696. The van der Waals surface area contributed by atoms with Crippen molar-refractivity contribution in [3.63, 3.8) is 0 Å². The average molecular weight is 668 g/mol. The Bertz CT molecular complexity index is 706. The number of guanidine groups is 1. The van der Waals surface area contributed by atoms with Crippen LogP contribution in [0.2, 0.25) is 0 Å². The largest absolute Gasteiger partial charge is 0.377 e. The van der Waals surface area contributed by atoms with Gasteiger partial charge < -0.3 is 32.9 Å².